The van der Waals surface area contributed by atoms with Crippen molar-refractivity contribution in [3.8, 4) is 5.75 Å². The van der Waals surface area contributed by atoms with Gasteiger partial charge in [0.1, 0.15) is 5.75 Å². The van der Waals surface area contributed by atoms with Crippen molar-refractivity contribution in [2.24, 2.45) is 0 Å². The fraction of sp³-hybridized carbons (Fsp3) is 0.333. The third-order valence-corrected chi connectivity index (χ3v) is 4.58. The van der Waals surface area contributed by atoms with Gasteiger partial charge in [-0.05, 0) is 61.2 Å². The summed E-state index contributed by atoms with van der Waals surface area (Å²) in [4.78, 5) is 26.5. The fourth-order valence-corrected chi connectivity index (χ4v) is 3.11. The molecule has 2 aromatic carbocycles. The van der Waals surface area contributed by atoms with Crippen molar-refractivity contribution >= 4 is 17.5 Å². The molecule has 26 heavy (non-hydrogen) atoms. The van der Waals surface area contributed by atoms with Crippen LogP contribution in [0.4, 0.5) is 5.69 Å². The number of benzene rings is 2. The maximum Gasteiger partial charge on any atom is 0.253 e. The molecule has 0 bridgehead atoms. The van der Waals surface area contributed by atoms with E-state index in [4.69, 9.17) is 4.74 Å². The zero-order valence-corrected chi connectivity index (χ0v) is 15.0. The van der Waals surface area contributed by atoms with Crippen LogP contribution in [0.3, 0.4) is 0 Å². The first kappa shape index (κ1) is 18.0. The number of rotatable bonds is 5. The summed E-state index contributed by atoms with van der Waals surface area (Å²) in [6, 6.07) is 14.5. The van der Waals surface area contributed by atoms with E-state index in [1.54, 1.807) is 31.4 Å². The monoisotopic (exact) mass is 352 g/mol. The lowest BCUT2D eigenvalue weighted by Crippen LogP contribution is -2.35. The van der Waals surface area contributed by atoms with Gasteiger partial charge < -0.3 is 15.0 Å². The molecule has 0 spiro atoms. The number of carbonyl (C=O) groups excluding carboxylic acids is 2. The van der Waals surface area contributed by atoms with E-state index < -0.39 is 0 Å². The van der Waals surface area contributed by atoms with Crippen LogP contribution in [0.25, 0.3) is 0 Å². The summed E-state index contributed by atoms with van der Waals surface area (Å²) in [7, 11) is 1.61. The number of ether oxygens (including phenoxy) is 1. The molecule has 0 saturated carbocycles. The van der Waals surface area contributed by atoms with Crippen molar-refractivity contribution < 1.29 is 14.3 Å². The van der Waals surface area contributed by atoms with Crippen molar-refractivity contribution in [1.29, 1.82) is 0 Å². The lowest BCUT2D eigenvalue weighted by atomic mass is 10.1. The standard InChI is InChI=1S/C21H24N2O3/c1-26-19-11-5-16(6-12-19)15-20(24)22-18-9-7-17(8-10-18)21(25)23-13-3-2-4-14-23/h5-12H,2-4,13-15H2,1H3,(H,22,24). The predicted octanol–water partition coefficient (Wildman–Crippen LogP) is 3.50. The second-order valence-corrected chi connectivity index (χ2v) is 6.50. The van der Waals surface area contributed by atoms with Gasteiger partial charge in [0.2, 0.25) is 5.91 Å². The van der Waals surface area contributed by atoms with Gasteiger partial charge >= 0.3 is 0 Å². The number of hydrogen-bond acceptors (Lipinski definition) is 3. The second kappa shape index (κ2) is 8.52. The van der Waals surface area contributed by atoms with Gasteiger partial charge in [-0.2, -0.15) is 0 Å². The molecular weight excluding hydrogens is 328 g/mol. The van der Waals surface area contributed by atoms with E-state index in [1.165, 1.54) is 6.42 Å². The lowest BCUT2D eigenvalue weighted by molar-refractivity contribution is -0.115. The van der Waals surface area contributed by atoms with E-state index >= 15 is 0 Å². The Morgan fingerprint density at radius 1 is 0.962 bits per heavy atom. The third-order valence-electron chi connectivity index (χ3n) is 4.58. The Bertz CT molecular complexity index is 748. The van der Waals surface area contributed by atoms with Crippen molar-refractivity contribution in [2.45, 2.75) is 25.7 Å². The Balaban J connectivity index is 1.56. The van der Waals surface area contributed by atoms with E-state index in [0.717, 1.165) is 37.2 Å². The highest BCUT2D eigenvalue weighted by molar-refractivity contribution is 5.96. The number of nitrogens with one attached hydrogen (secondary N) is 1. The number of amides is 2. The Labute approximate surface area is 154 Å². The average molecular weight is 352 g/mol. The number of piperidine rings is 1. The number of nitrogens with zero attached hydrogens (tertiary/aromatic N) is 1. The first-order chi connectivity index (χ1) is 12.7. The van der Waals surface area contributed by atoms with Gasteiger partial charge in [-0.15, -0.1) is 0 Å². The van der Waals surface area contributed by atoms with E-state index in [2.05, 4.69) is 5.32 Å². The highest BCUT2D eigenvalue weighted by atomic mass is 16.5. The molecule has 5 nitrogen and oxygen atoms in total. The van der Waals surface area contributed by atoms with Crippen LogP contribution in [0.5, 0.6) is 5.75 Å². The molecule has 1 N–H and O–H groups in total. The minimum absolute atomic E-state index is 0.0702. The van der Waals surface area contributed by atoms with Crippen molar-refractivity contribution in [2.75, 3.05) is 25.5 Å². The van der Waals surface area contributed by atoms with Crippen LogP contribution in [0.1, 0.15) is 35.2 Å². The molecule has 2 aromatic rings. The highest BCUT2D eigenvalue weighted by Gasteiger charge is 2.18. The van der Waals surface area contributed by atoms with Gasteiger partial charge in [-0.1, -0.05) is 12.1 Å². The largest absolute Gasteiger partial charge is 0.497 e. The molecule has 1 aliphatic heterocycles. The number of likely N-dealkylation sites (tertiary alicyclic amines) is 1. The molecule has 2 amide bonds. The molecule has 0 aromatic heterocycles. The Morgan fingerprint density at radius 3 is 2.23 bits per heavy atom. The number of methoxy groups -OCH3 is 1. The topological polar surface area (TPSA) is 58.6 Å². The number of hydrogen-bond donors (Lipinski definition) is 1. The second-order valence-electron chi connectivity index (χ2n) is 6.50. The predicted molar refractivity (Wildman–Crippen MR) is 102 cm³/mol. The first-order valence-corrected chi connectivity index (χ1v) is 8.98. The minimum Gasteiger partial charge on any atom is -0.497 e. The zero-order chi connectivity index (χ0) is 18.4. The zero-order valence-electron chi connectivity index (χ0n) is 15.0. The minimum atomic E-state index is -0.0923. The molecule has 1 heterocycles. The summed E-state index contributed by atoms with van der Waals surface area (Å²) in [6.07, 6.45) is 3.64. The maximum atomic E-state index is 12.5. The summed E-state index contributed by atoms with van der Waals surface area (Å²) >= 11 is 0. The molecule has 1 aliphatic rings. The van der Waals surface area contributed by atoms with Gasteiger partial charge in [-0.25, -0.2) is 0 Å². The molecule has 0 atom stereocenters. The Hall–Kier alpha value is -2.82. The van der Waals surface area contributed by atoms with Gasteiger partial charge in [-0.3, -0.25) is 9.59 Å². The van der Waals surface area contributed by atoms with Gasteiger partial charge in [0.05, 0.1) is 13.5 Å². The van der Waals surface area contributed by atoms with Crippen molar-refractivity contribution in [1.82, 2.24) is 4.90 Å². The van der Waals surface area contributed by atoms with Gasteiger partial charge in [0, 0.05) is 24.3 Å². The fourth-order valence-electron chi connectivity index (χ4n) is 3.11. The molecule has 1 fully saturated rings. The summed E-state index contributed by atoms with van der Waals surface area (Å²) in [5.41, 5.74) is 2.28. The van der Waals surface area contributed by atoms with Crippen LogP contribution in [0.2, 0.25) is 0 Å². The molecule has 0 unspecified atom stereocenters. The third kappa shape index (κ3) is 4.63. The number of anilines is 1. The first-order valence-electron chi connectivity index (χ1n) is 8.98. The molecule has 3 rings (SSSR count). The van der Waals surface area contributed by atoms with Gasteiger partial charge in [0.15, 0.2) is 0 Å². The number of carbonyl (C=O) groups is 2. The quantitative estimate of drug-likeness (QED) is 0.896. The molecule has 136 valence electrons. The normalized spacial score (nSPS) is 14.0. The van der Waals surface area contributed by atoms with E-state index in [9.17, 15) is 9.59 Å². The van der Waals surface area contributed by atoms with Crippen LogP contribution in [-0.2, 0) is 11.2 Å². The molecular formula is C21H24N2O3. The van der Waals surface area contributed by atoms with Crippen molar-refractivity contribution in [3.63, 3.8) is 0 Å². The smallest absolute Gasteiger partial charge is 0.253 e. The van der Waals surface area contributed by atoms with E-state index in [1.807, 2.05) is 29.2 Å². The van der Waals surface area contributed by atoms with Crippen LogP contribution < -0.4 is 10.1 Å². The Morgan fingerprint density at radius 2 is 1.62 bits per heavy atom. The summed E-state index contributed by atoms with van der Waals surface area (Å²) in [5, 5.41) is 2.87. The highest BCUT2D eigenvalue weighted by Crippen LogP contribution is 2.16. The van der Waals surface area contributed by atoms with Crippen LogP contribution in [0.15, 0.2) is 48.5 Å². The SMILES string of the molecule is COc1ccc(CC(=O)Nc2ccc(C(=O)N3CCCCC3)cc2)cc1. The summed E-state index contributed by atoms with van der Waals surface area (Å²) in [5.74, 6) is 0.745. The Kier molecular flexibility index (Phi) is 5.89. The molecule has 1 saturated heterocycles. The summed E-state index contributed by atoms with van der Waals surface area (Å²) in [6.45, 7) is 1.67. The molecule has 5 heteroatoms. The van der Waals surface area contributed by atoms with E-state index in [0.29, 0.717) is 17.7 Å². The van der Waals surface area contributed by atoms with Crippen LogP contribution in [0, 0.1) is 0 Å². The average Bonchev–Trinajstić information content (AvgIpc) is 2.69. The van der Waals surface area contributed by atoms with Crippen molar-refractivity contribution in [3.05, 3.63) is 59.7 Å². The lowest BCUT2D eigenvalue weighted by Gasteiger charge is -2.26. The van der Waals surface area contributed by atoms with E-state index in [-0.39, 0.29) is 11.8 Å². The molecule has 0 radical (unpaired) electrons. The summed E-state index contributed by atoms with van der Waals surface area (Å²) < 4.78 is 5.11. The molecule has 0 aliphatic carbocycles. The van der Waals surface area contributed by atoms with Crippen LogP contribution >= 0.6 is 0 Å². The van der Waals surface area contributed by atoms with Gasteiger partial charge in [0.25, 0.3) is 5.91 Å². The van der Waals surface area contributed by atoms with Crippen LogP contribution in [-0.4, -0.2) is 36.9 Å². The maximum absolute atomic E-state index is 12.5.